The smallest absolute Gasteiger partial charge is 0.127 e. The van der Waals surface area contributed by atoms with E-state index in [0.717, 1.165) is 29.7 Å². The number of aryl methyl sites for hydroxylation is 1. The molecule has 0 bridgehead atoms. The molecule has 2 aromatic carbocycles. The van der Waals surface area contributed by atoms with Crippen molar-refractivity contribution >= 4 is 0 Å². The summed E-state index contributed by atoms with van der Waals surface area (Å²) in [5, 5.41) is 19.9. The molecule has 3 nitrogen and oxygen atoms in total. The first kappa shape index (κ1) is 13.6. The van der Waals surface area contributed by atoms with E-state index in [0.29, 0.717) is 0 Å². The minimum absolute atomic E-state index is 0.0280. The van der Waals surface area contributed by atoms with Gasteiger partial charge in [0, 0.05) is 11.5 Å². The molecule has 114 valence electrons. The first-order valence-electron chi connectivity index (χ1n) is 7.86. The highest BCUT2D eigenvalue weighted by Crippen LogP contribution is 2.54. The molecule has 4 atom stereocenters. The highest BCUT2D eigenvalue weighted by atomic mass is 16.5. The van der Waals surface area contributed by atoms with Crippen LogP contribution in [0.15, 0.2) is 42.5 Å². The molecule has 1 saturated carbocycles. The molecule has 4 rings (SSSR count). The molecule has 0 radical (unpaired) electrons. The van der Waals surface area contributed by atoms with E-state index in [-0.39, 0.29) is 29.8 Å². The van der Waals surface area contributed by atoms with Gasteiger partial charge in [0.1, 0.15) is 17.6 Å². The second-order valence-corrected chi connectivity index (χ2v) is 6.57. The molecule has 0 saturated heterocycles. The van der Waals surface area contributed by atoms with Crippen LogP contribution < -0.4 is 4.74 Å². The molecular weight excluding hydrogens is 276 g/mol. The van der Waals surface area contributed by atoms with Gasteiger partial charge in [0.2, 0.25) is 0 Å². The highest BCUT2D eigenvalue weighted by molar-refractivity contribution is 5.45. The van der Waals surface area contributed by atoms with Gasteiger partial charge in [-0.05, 0) is 49.4 Å². The zero-order valence-electron chi connectivity index (χ0n) is 12.6. The fourth-order valence-electron chi connectivity index (χ4n) is 3.96. The Morgan fingerprint density at radius 1 is 1.05 bits per heavy atom. The summed E-state index contributed by atoms with van der Waals surface area (Å²) in [6, 6.07) is 13.7. The number of benzene rings is 2. The first-order chi connectivity index (χ1) is 10.6. The molecule has 1 aliphatic heterocycles. The number of fused-ring (bicyclic) bond motifs is 3. The van der Waals surface area contributed by atoms with E-state index >= 15 is 0 Å². The van der Waals surface area contributed by atoms with Crippen molar-refractivity contribution in [2.75, 3.05) is 0 Å². The summed E-state index contributed by atoms with van der Waals surface area (Å²) in [6.07, 6.45) is 1.17. The Labute approximate surface area is 130 Å². The third-order valence-corrected chi connectivity index (χ3v) is 5.03. The SMILES string of the molecule is Cc1ccc([C@H]2Oc3ccc(O)cc3[C@H]3C[C@@H](O)C[C@H]32)cc1. The number of aliphatic hydroxyl groups is 1. The quantitative estimate of drug-likeness (QED) is 0.844. The number of phenols is 1. The van der Waals surface area contributed by atoms with Gasteiger partial charge in [-0.1, -0.05) is 29.8 Å². The van der Waals surface area contributed by atoms with Crippen LogP contribution in [0.2, 0.25) is 0 Å². The van der Waals surface area contributed by atoms with E-state index in [1.165, 1.54) is 5.56 Å². The van der Waals surface area contributed by atoms with Crippen LogP contribution in [0, 0.1) is 12.8 Å². The van der Waals surface area contributed by atoms with Gasteiger partial charge in [0.25, 0.3) is 0 Å². The van der Waals surface area contributed by atoms with E-state index in [2.05, 4.69) is 31.2 Å². The van der Waals surface area contributed by atoms with Crippen molar-refractivity contribution in [3.8, 4) is 11.5 Å². The van der Waals surface area contributed by atoms with E-state index in [1.54, 1.807) is 12.1 Å². The Hall–Kier alpha value is -2.00. The number of ether oxygens (including phenoxy) is 1. The van der Waals surface area contributed by atoms with Crippen molar-refractivity contribution < 1.29 is 14.9 Å². The van der Waals surface area contributed by atoms with Crippen LogP contribution in [0.4, 0.5) is 0 Å². The average molecular weight is 296 g/mol. The van der Waals surface area contributed by atoms with Crippen LogP contribution in [0.1, 0.15) is 41.6 Å². The second kappa shape index (κ2) is 5.03. The maximum absolute atomic E-state index is 10.1. The van der Waals surface area contributed by atoms with Crippen LogP contribution in [-0.2, 0) is 0 Å². The maximum atomic E-state index is 10.1. The summed E-state index contributed by atoms with van der Waals surface area (Å²) in [7, 11) is 0. The molecule has 0 amide bonds. The number of phenolic OH excluding ortho intramolecular Hbond substituents is 1. The van der Waals surface area contributed by atoms with Crippen molar-refractivity contribution in [1.29, 1.82) is 0 Å². The molecule has 2 aromatic rings. The van der Waals surface area contributed by atoms with Gasteiger partial charge < -0.3 is 14.9 Å². The fraction of sp³-hybridized carbons (Fsp3) is 0.368. The Balaban J connectivity index is 1.78. The number of aliphatic hydroxyl groups excluding tert-OH is 1. The summed E-state index contributed by atoms with van der Waals surface area (Å²) >= 11 is 0. The van der Waals surface area contributed by atoms with Crippen LogP contribution in [0.3, 0.4) is 0 Å². The first-order valence-corrected chi connectivity index (χ1v) is 7.86. The molecule has 2 aliphatic rings. The van der Waals surface area contributed by atoms with Crippen LogP contribution >= 0.6 is 0 Å². The molecule has 3 heteroatoms. The largest absolute Gasteiger partial charge is 0.508 e. The topological polar surface area (TPSA) is 49.7 Å². The monoisotopic (exact) mass is 296 g/mol. The lowest BCUT2D eigenvalue weighted by atomic mass is 9.80. The molecule has 1 fully saturated rings. The predicted octanol–water partition coefficient (Wildman–Crippen LogP) is 3.69. The highest BCUT2D eigenvalue weighted by Gasteiger charge is 2.45. The number of hydrogen-bond donors (Lipinski definition) is 2. The molecule has 0 unspecified atom stereocenters. The van der Waals surface area contributed by atoms with Crippen LogP contribution in [0.5, 0.6) is 11.5 Å². The van der Waals surface area contributed by atoms with Crippen LogP contribution in [0.25, 0.3) is 0 Å². The Morgan fingerprint density at radius 3 is 2.59 bits per heavy atom. The third-order valence-electron chi connectivity index (χ3n) is 5.03. The summed E-state index contributed by atoms with van der Waals surface area (Å²) < 4.78 is 6.25. The summed E-state index contributed by atoms with van der Waals surface area (Å²) in [6.45, 7) is 2.08. The van der Waals surface area contributed by atoms with Crippen molar-refractivity contribution in [3.63, 3.8) is 0 Å². The third kappa shape index (κ3) is 2.17. The summed E-state index contributed by atoms with van der Waals surface area (Å²) in [5.74, 6) is 1.60. The van der Waals surface area contributed by atoms with Gasteiger partial charge in [-0.25, -0.2) is 0 Å². The van der Waals surface area contributed by atoms with Gasteiger partial charge in [0.05, 0.1) is 6.10 Å². The molecule has 1 heterocycles. The Morgan fingerprint density at radius 2 is 1.82 bits per heavy atom. The van der Waals surface area contributed by atoms with Crippen LogP contribution in [-0.4, -0.2) is 16.3 Å². The van der Waals surface area contributed by atoms with E-state index < -0.39 is 0 Å². The van der Waals surface area contributed by atoms with E-state index in [9.17, 15) is 10.2 Å². The molecule has 22 heavy (non-hydrogen) atoms. The number of rotatable bonds is 1. The van der Waals surface area contributed by atoms with Gasteiger partial charge >= 0.3 is 0 Å². The molecule has 0 spiro atoms. The van der Waals surface area contributed by atoms with Crippen molar-refractivity contribution in [2.45, 2.75) is 37.9 Å². The number of hydrogen-bond acceptors (Lipinski definition) is 3. The lowest BCUT2D eigenvalue weighted by molar-refractivity contribution is 0.0961. The Kier molecular flexibility index (Phi) is 3.12. The average Bonchev–Trinajstić information content (AvgIpc) is 2.89. The normalized spacial score (nSPS) is 29.5. The zero-order chi connectivity index (χ0) is 15.3. The predicted molar refractivity (Wildman–Crippen MR) is 84.1 cm³/mol. The fourth-order valence-corrected chi connectivity index (χ4v) is 3.96. The minimum atomic E-state index is -0.292. The minimum Gasteiger partial charge on any atom is -0.508 e. The van der Waals surface area contributed by atoms with Crippen molar-refractivity contribution in [2.24, 2.45) is 5.92 Å². The van der Waals surface area contributed by atoms with Crippen molar-refractivity contribution in [3.05, 3.63) is 59.2 Å². The summed E-state index contributed by atoms with van der Waals surface area (Å²) in [5.41, 5.74) is 3.42. The summed E-state index contributed by atoms with van der Waals surface area (Å²) in [4.78, 5) is 0. The molecule has 1 aliphatic carbocycles. The van der Waals surface area contributed by atoms with Gasteiger partial charge in [0.15, 0.2) is 0 Å². The van der Waals surface area contributed by atoms with Crippen molar-refractivity contribution in [1.82, 2.24) is 0 Å². The second-order valence-electron chi connectivity index (χ2n) is 6.57. The molecular formula is C19H20O3. The van der Waals surface area contributed by atoms with Gasteiger partial charge in [-0.2, -0.15) is 0 Å². The van der Waals surface area contributed by atoms with Gasteiger partial charge in [-0.3, -0.25) is 0 Å². The lowest BCUT2D eigenvalue weighted by Gasteiger charge is -2.36. The molecule has 2 N–H and O–H groups in total. The lowest BCUT2D eigenvalue weighted by Crippen LogP contribution is -2.26. The standard InChI is InChI=1S/C19H20O3/c1-11-2-4-12(5-3-11)19-17-10-14(21)9-15(17)16-8-13(20)6-7-18(16)22-19/h2-8,14-15,17,19-21H,9-10H2,1H3/t14-,15-,17-,19-/m1/s1. The maximum Gasteiger partial charge on any atom is 0.127 e. The number of aromatic hydroxyl groups is 1. The Bertz CT molecular complexity index is 692. The van der Waals surface area contributed by atoms with Gasteiger partial charge in [-0.15, -0.1) is 0 Å². The van der Waals surface area contributed by atoms with E-state index in [4.69, 9.17) is 4.74 Å². The zero-order valence-corrected chi connectivity index (χ0v) is 12.6. The van der Waals surface area contributed by atoms with E-state index in [1.807, 2.05) is 6.07 Å². The molecule has 0 aromatic heterocycles.